The molecule has 0 aliphatic rings. The van der Waals surface area contributed by atoms with Crippen molar-refractivity contribution in [3.63, 3.8) is 0 Å². The number of hydrogen-bond donors (Lipinski definition) is 2. The lowest BCUT2D eigenvalue weighted by molar-refractivity contribution is 0.766. The molecule has 0 spiro atoms. The SMILES string of the molecule is CNCc1ccc(C)cc1CNC. The van der Waals surface area contributed by atoms with Crippen LogP contribution in [0.4, 0.5) is 0 Å². The van der Waals surface area contributed by atoms with E-state index in [1.165, 1.54) is 16.7 Å². The molecule has 72 valence electrons. The minimum atomic E-state index is 0.942. The quantitative estimate of drug-likeness (QED) is 0.729. The van der Waals surface area contributed by atoms with Crippen LogP contribution in [0.2, 0.25) is 0 Å². The van der Waals surface area contributed by atoms with Crippen molar-refractivity contribution in [2.24, 2.45) is 0 Å². The molecule has 1 aromatic carbocycles. The van der Waals surface area contributed by atoms with Gasteiger partial charge in [0, 0.05) is 13.1 Å². The van der Waals surface area contributed by atoms with Gasteiger partial charge in [-0.2, -0.15) is 0 Å². The molecule has 0 heterocycles. The Labute approximate surface area is 80.4 Å². The lowest BCUT2D eigenvalue weighted by atomic mass is 10.0. The summed E-state index contributed by atoms with van der Waals surface area (Å²) in [5.74, 6) is 0. The minimum Gasteiger partial charge on any atom is -0.316 e. The van der Waals surface area contributed by atoms with E-state index in [0.29, 0.717) is 0 Å². The molecule has 1 rings (SSSR count). The molecule has 0 aromatic heterocycles. The number of benzene rings is 1. The Bertz CT molecular complexity index is 269. The van der Waals surface area contributed by atoms with Gasteiger partial charge in [0.15, 0.2) is 0 Å². The van der Waals surface area contributed by atoms with Crippen LogP contribution in [0.25, 0.3) is 0 Å². The third kappa shape index (κ3) is 2.83. The summed E-state index contributed by atoms with van der Waals surface area (Å²) in [5.41, 5.74) is 4.09. The summed E-state index contributed by atoms with van der Waals surface area (Å²) in [7, 11) is 3.95. The molecule has 0 unspecified atom stereocenters. The Kier molecular flexibility index (Phi) is 3.93. The lowest BCUT2D eigenvalue weighted by Gasteiger charge is -2.09. The molecular formula is C11H18N2. The number of aryl methyl sites for hydroxylation is 1. The minimum absolute atomic E-state index is 0.942. The molecule has 0 aliphatic heterocycles. The summed E-state index contributed by atoms with van der Waals surface area (Å²) in [4.78, 5) is 0. The summed E-state index contributed by atoms with van der Waals surface area (Å²) in [5, 5.41) is 6.36. The molecule has 2 nitrogen and oxygen atoms in total. The summed E-state index contributed by atoms with van der Waals surface area (Å²) in [6.45, 7) is 4.01. The van der Waals surface area contributed by atoms with Crippen molar-refractivity contribution in [2.75, 3.05) is 14.1 Å². The van der Waals surface area contributed by atoms with Gasteiger partial charge >= 0.3 is 0 Å². The zero-order valence-electron chi connectivity index (χ0n) is 8.65. The van der Waals surface area contributed by atoms with Gasteiger partial charge in [0.2, 0.25) is 0 Å². The van der Waals surface area contributed by atoms with E-state index in [4.69, 9.17) is 0 Å². The smallest absolute Gasteiger partial charge is 0.0205 e. The van der Waals surface area contributed by atoms with E-state index in [1.807, 2.05) is 14.1 Å². The van der Waals surface area contributed by atoms with Gasteiger partial charge in [0.1, 0.15) is 0 Å². The van der Waals surface area contributed by atoms with Crippen molar-refractivity contribution in [3.8, 4) is 0 Å². The standard InChI is InChI=1S/C11H18N2/c1-9-4-5-10(7-12-2)11(6-9)8-13-3/h4-6,12-13H,7-8H2,1-3H3. The van der Waals surface area contributed by atoms with Crippen LogP contribution in [0.15, 0.2) is 18.2 Å². The van der Waals surface area contributed by atoms with E-state index in [-0.39, 0.29) is 0 Å². The highest BCUT2D eigenvalue weighted by Crippen LogP contribution is 2.11. The van der Waals surface area contributed by atoms with Crippen molar-refractivity contribution in [3.05, 3.63) is 34.9 Å². The predicted molar refractivity (Wildman–Crippen MR) is 56.7 cm³/mol. The third-order valence-electron chi connectivity index (χ3n) is 2.10. The van der Waals surface area contributed by atoms with Crippen LogP contribution in [0.1, 0.15) is 16.7 Å². The van der Waals surface area contributed by atoms with Crippen LogP contribution in [0.3, 0.4) is 0 Å². The van der Waals surface area contributed by atoms with Crippen LogP contribution < -0.4 is 10.6 Å². The monoisotopic (exact) mass is 178 g/mol. The van der Waals surface area contributed by atoms with E-state index in [1.54, 1.807) is 0 Å². The second-order valence-corrected chi connectivity index (χ2v) is 3.33. The van der Waals surface area contributed by atoms with Crippen molar-refractivity contribution in [1.29, 1.82) is 0 Å². The zero-order chi connectivity index (χ0) is 9.68. The molecule has 13 heavy (non-hydrogen) atoms. The number of nitrogens with one attached hydrogen (secondary N) is 2. The first kappa shape index (κ1) is 10.2. The molecule has 0 radical (unpaired) electrons. The normalized spacial score (nSPS) is 10.4. The molecule has 0 bridgehead atoms. The van der Waals surface area contributed by atoms with Gasteiger partial charge in [-0.1, -0.05) is 23.8 Å². The van der Waals surface area contributed by atoms with E-state index in [9.17, 15) is 0 Å². The van der Waals surface area contributed by atoms with Crippen molar-refractivity contribution in [1.82, 2.24) is 10.6 Å². The molecule has 0 saturated heterocycles. The maximum atomic E-state index is 3.18. The van der Waals surface area contributed by atoms with E-state index in [0.717, 1.165) is 13.1 Å². The fraction of sp³-hybridized carbons (Fsp3) is 0.455. The van der Waals surface area contributed by atoms with Crippen LogP contribution in [-0.2, 0) is 13.1 Å². The topological polar surface area (TPSA) is 24.1 Å². The molecule has 0 atom stereocenters. The van der Waals surface area contributed by atoms with Crippen molar-refractivity contribution >= 4 is 0 Å². The largest absolute Gasteiger partial charge is 0.316 e. The van der Waals surface area contributed by atoms with Gasteiger partial charge < -0.3 is 10.6 Å². The zero-order valence-corrected chi connectivity index (χ0v) is 8.65. The number of rotatable bonds is 4. The van der Waals surface area contributed by atoms with Crippen molar-refractivity contribution < 1.29 is 0 Å². The first-order valence-electron chi connectivity index (χ1n) is 4.65. The summed E-state index contributed by atoms with van der Waals surface area (Å²) < 4.78 is 0. The van der Waals surface area contributed by atoms with E-state index in [2.05, 4.69) is 35.8 Å². The average molecular weight is 178 g/mol. The van der Waals surface area contributed by atoms with Gasteiger partial charge in [-0.25, -0.2) is 0 Å². The maximum absolute atomic E-state index is 3.18. The van der Waals surface area contributed by atoms with Crippen molar-refractivity contribution in [2.45, 2.75) is 20.0 Å². The molecule has 0 amide bonds. The van der Waals surface area contributed by atoms with Gasteiger partial charge in [-0.15, -0.1) is 0 Å². The van der Waals surface area contributed by atoms with Crippen LogP contribution in [0.5, 0.6) is 0 Å². The van der Waals surface area contributed by atoms with E-state index >= 15 is 0 Å². The first-order chi connectivity index (χ1) is 6.27. The van der Waals surface area contributed by atoms with Gasteiger partial charge in [-0.3, -0.25) is 0 Å². The molecule has 2 N–H and O–H groups in total. The van der Waals surface area contributed by atoms with Crippen LogP contribution in [0, 0.1) is 6.92 Å². The summed E-state index contributed by atoms with van der Waals surface area (Å²) in [6.07, 6.45) is 0. The second-order valence-electron chi connectivity index (χ2n) is 3.33. The molecular weight excluding hydrogens is 160 g/mol. The van der Waals surface area contributed by atoms with Gasteiger partial charge in [0.25, 0.3) is 0 Å². The Morgan fingerprint density at radius 1 is 1.00 bits per heavy atom. The average Bonchev–Trinajstić information content (AvgIpc) is 2.10. The highest BCUT2D eigenvalue weighted by atomic mass is 14.8. The lowest BCUT2D eigenvalue weighted by Crippen LogP contribution is -2.12. The summed E-state index contributed by atoms with van der Waals surface area (Å²) in [6, 6.07) is 6.59. The predicted octanol–water partition coefficient (Wildman–Crippen LogP) is 1.43. The number of hydrogen-bond acceptors (Lipinski definition) is 2. The van der Waals surface area contributed by atoms with Crippen LogP contribution >= 0.6 is 0 Å². The summed E-state index contributed by atoms with van der Waals surface area (Å²) >= 11 is 0. The third-order valence-corrected chi connectivity index (χ3v) is 2.10. The van der Waals surface area contributed by atoms with E-state index < -0.39 is 0 Å². The van der Waals surface area contributed by atoms with Crippen LogP contribution in [-0.4, -0.2) is 14.1 Å². The maximum Gasteiger partial charge on any atom is 0.0205 e. The molecule has 0 fully saturated rings. The fourth-order valence-electron chi connectivity index (χ4n) is 1.47. The molecule has 1 aromatic rings. The first-order valence-corrected chi connectivity index (χ1v) is 4.65. The molecule has 2 heteroatoms. The molecule has 0 saturated carbocycles. The highest BCUT2D eigenvalue weighted by molar-refractivity contribution is 5.31. The Morgan fingerprint density at radius 3 is 2.23 bits per heavy atom. The Morgan fingerprint density at radius 2 is 1.62 bits per heavy atom. The molecule has 0 aliphatic carbocycles. The fourth-order valence-corrected chi connectivity index (χ4v) is 1.47. The Hall–Kier alpha value is -0.860. The second kappa shape index (κ2) is 5.00. The van der Waals surface area contributed by atoms with Gasteiger partial charge in [0.05, 0.1) is 0 Å². The Balaban J connectivity index is 2.89. The van der Waals surface area contributed by atoms with Gasteiger partial charge in [-0.05, 0) is 32.1 Å². The highest BCUT2D eigenvalue weighted by Gasteiger charge is 2.00.